The summed E-state index contributed by atoms with van der Waals surface area (Å²) in [5.41, 5.74) is 1.84. The zero-order valence-corrected chi connectivity index (χ0v) is 11.4. The van der Waals surface area contributed by atoms with Gasteiger partial charge in [0.05, 0.1) is 14.2 Å². The second kappa shape index (κ2) is 6.73. The first-order valence-electron chi connectivity index (χ1n) is 5.90. The highest BCUT2D eigenvalue weighted by molar-refractivity contribution is 5.96. The molecule has 0 aromatic heterocycles. The molecule has 1 unspecified atom stereocenters. The molecule has 0 radical (unpaired) electrons. The van der Waals surface area contributed by atoms with Crippen LogP contribution in [-0.4, -0.2) is 26.2 Å². The summed E-state index contributed by atoms with van der Waals surface area (Å²) in [6.07, 6.45) is 1.57. The second-order valence-corrected chi connectivity index (χ2v) is 4.14. The molecule has 0 amide bonds. The van der Waals surface area contributed by atoms with Gasteiger partial charge < -0.3 is 9.47 Å². The van der Waals surface area contributed by atoms with Crippen LogP contribution in [0.3, 0.4) is 0 Å². The molecule has 0 heterocycles. The highest BCUT2D eigenvalue weighted by Gasteiger charge is 2.36. The molecular formula is C15H18O4. The van der Waals surface area contributed by atoms with E-state index in [4.69, 9.17) is 9.47 Å². The van der Waals surface area contributed by atoms with Crippen LogP contribution in [0.5, 0.6) is 0 Å². The summed E-state index contributed by atoms with van der Waals surface area (Å²) in [5.74, 6) is -2.75. The fourth-order valence-electron chi connectivity index (χ4n) is 2.05. The average Bonchev–Trinajstić information content (AvgIpc) is 2.44. The van der Waals surface area contributed by atoms with Crippen LogP contribution in [0.25, 0.3) is 0 Å². The molecule has 102 valence electrons. The minimum Gasteiger partial charge on any atom is -0.468 e. The molecule has 1 rings (SSSR count). The fourth-order valence-corrected chi connectivity index (χ4v) is 2.05. The molecule has 0 aliphatic rings. The zero-order valence-electron chi connectivity index (χ0n) is 11.4. The third kappa shape index (κ3) is 3.22. The summed E-state index contributed by atoms with van der Waals surface area (Å²) < 4.78 is 9.38. The van der Waals surface area contributed by atoms with Gasteiger partial charge >= 0.3 is 11.9 Å². The molecule has 4 nitrogen and oxygen atoms in total. The number of esters is 2. The molecule has 4 heteroatoms. The van der Waals surface area contributed by atoms with Gasteiger partial charge in [0, 0.05) is 5.92 Å². The molecule has 1 aromatic carbocycles. The van der Waals surface area contributed by atoms with Crippen molar-refractivity contribution >= 4 is 11.9 Å². The molecule has 0 aliphatic carbocycles. The van der Waals surface area contributed by atoms with Crippen LogP contribution in [-0.2, 0) is 19.1 Å². The number of benzene rings is 1. The average molecular weight is 262 g/mol. The van der Waals surface area contributed by atoms with Crippen LogP contribution in [0.15, 0.2) is 36.9 Å². The van der Waals surface area contributed by atoms with Crippen LogP contribution in [0, 0.1) is 12.8 Å². The number of aryl methyl sites for hydroxylation is 1. The molecule has 0 aliphatic heterocycles. The van der Waals surface area contributed by atoms with Crippen molar-refractivity contribution in [1.82, 2.24) is 0 Å². The molecule has 1 atom stereocenters. The van der Waals surface area contributed by atoms with Gasteiger partial charge in [-0.3, -0.25) is 9.59 Å². The van der Waals surface area contributed by atoms with Gasteiger partial charge in [0.15, 0.2) is 5.92 Å². The van der Waals surface area contributed by atoms with E-state index in [2.05, 4.69) is 6.58 Å². The van der Waals surface area contributed by atoms with E-state index in [0.29, 0.717) is 0 Å². The van der Waals surface area contributed by atoms with Crippen molar-refractivity contribution in [3.05, 3.63) is 48.0 Å². The maximum Gasteiger partial charge on any atom is 0.321 e. The van der Waals surface area contributed by atoms with Gasteiger partial charge in [-0.1, -0.05) is 30.3 Å². The number of hydrogen-bond donors (Lipinski definition) is 0. The van der Waals surface area contributed by atoms with E-state index < -0.39 is 23.8 Å². The van der Waals surface area contributed by atoms with Crippen molar-refractivity contribution in [1.29, 1.82) is 0 Å². The molecule has 0 bridgehead atoms. The van der Waals surface area contributed by atoms with Crippen LogP contribution < -0.4 is 0 Å². The van der Waals surface area contributed by atoms with Crippen LogP contribution >= 0.6 is 0 Å². The summed E-state index contributed by atoms with van der Waals surface area (Å²) in [4.78, 5) is 23.7. The van der Waals surface area contributed by atoms with E-state index in [0.717, 1.165) is 11.1 Å². The first kappa shape index (κ1) is 15.0. The molecule has 19 heavy (non-hydrogen) atoms. The Morgan fingerprint density at radius 2 is 1.68 bits per heavy atom. The number of ether oxygens (including phenoxy) is 2. The lowest BCUT2D eigenvalue weighted by Crippen LogP contribution is -2.31. The van der Waals surface area contributed by atoms with Crippen molar-refractivity contribution in [3.8, 4) is 0 Å². The van der Waals surface area contributed by atoms with Gasteiger partial charge in [-0.15, -0.1) is 6.58 Å². The Hall–Kier alpha value is -2.10. The Labute approximate surface area is 113 Å². The Morgan fingerprint density at radius 1 is 1.16 bits per heavy atom. The lowest BCUT2D eigenvalue weighted by atomic mass is 9.84. The molecule has 0 fully saturated rings. The van der Waals surface area contributed by atoms with E-state index in [1.165, 1.54) is 14.2 Å². The second-order valence-electron chi connectivity index (χ2n) is 4.14. The lowest BCUT2D eigenvalue weighted by molar-refractivity contribution is -0.159. The normalized spacial score (nSPS) is 11.8. The first-order chi connectivity index (χ1) is 9.06. The quantitative estimate of drug-likeness (QED) is 0.464. The molecule has 0 saturated carbocycles. The Morgan fingerprint density at radius 3 is 2.11 bits per heavy atom. The number of methoxy groups -OCH3 is 2. The number of carbonyl (C=O) groups is 2. The standard InChI is InChI=1S/C15H18O4/c1-5-11(12-9-7-6-8-10(12)2)13(14(16)18-3)15(17)19-4/h5-9,11,13H,1H2,2-4H3. The van der Waals surface area contributed by atoms with Crippen LogP contribution in [0.4, 0.5) is 0 Å². The summed E-state index contributed by atoms with van der Waals surface area (Å²) in [6, 6.07) is 7.52. The van der Waals surface area contributed by atoms with Crippen LogP contribution in [0.1, 0.15) is 17.0 Å². The Kier molecular flexibility index (Phi) is 5.30. The van der Waals surface area contributed by atoms with Crippen molar-refractivity contribution in [2.75, 3.05) is 14.2 Å². The highest BCUT2D eigenvalue weighted by atomic mass is 16.5. The SMILES string of the molecule is C=CC(c1ccccc1C)C(C(=O)OC)C(=O)OC. The van der Waals surface area contributed by atoms with E-state index in [-0.39, 0.29) is 0 Å². The van der Waals surface area contributed by atoms with Gasteiger partial charge in [-0.05, 0) is 18.1 Å². The Balaban J connectivity index is 3.24. The number of carbonyl (C=O) groups excluding carboxylic acids is 2. The molecule has 0 saturated heterocycles. The predicted molar refractivity (Wildman–Crippen MR) is 71.6 cm³/mol. The summed E-state index contributed by atoms with van der Waals surface area (Å²) in [6.45, 7) is 5.63. The van der Waals surface area contributed by atoms with Gasteiger partial charge in [0.1, 0.15) is 0 Å². The van der Waals surface area contributed by atoms with E-state index in [1.807, 2.05) is 31.2 Å². The number of allylic oxidation sites excluding steroid dienone is 1. The minimum atomic E-state index is -1.03. The van der Waals surface area contributed by atoms with Crippen molar-refractivity contribution in [2.24, 2.45) is 5.92 Å². The van der Waals surface area contributed by atoms with Gasteiger partial charge in [0.25, 0.3) is 0 Å². The fraction of sp³-hybridized carbons (Fsp3) is 0.333. The summed E-state index contributed by atoms with van der Waals surface area (Å²) in [7, 11) is 2.49. The number of rotatable bonds is 5. The van der Waals surface area contributed by atoms with E-state index >= 15 is 0 Å². The van der Waals surface area contributed by atoms with Gasteiger partial charge in [-0.25, -0.2) is 0 Å². The smallest absolute Gasteiger partial charge is 0.321 e. The molecule has 0 N–H and O–H groups in total. The first-order valence-corrected chi connectivity index (χ1v) is 5.90. The van der Waals surface area contributed by atoms with Crippen LogP contribution in [0.2, 0.25) is 0 Å². The molecule has 0 spiro atoms. The summed E-state index contributed by atoms with van der Waals surface area (Å²) >= 11 is 0. The number of hydrogen-bond acceptors (Lipinski definition) is 4. The largest absolute Gasteiger partial charge is 0.468 e. The van der Waals surface area contributed by atoms with Gasteiger partial charge in [0.2, 0.25) is 0 Å². The minimum absolute atomic E-state index is 0.471. The van der Waals surface area contributed by atoms with E-state index in [1.54, 1.807) is 6.08 Å². The monoisotopic (exact) mass is 262 g/mol. The van der Waals surface area contributed by atoms with Crippen molar-refractivity contribution < 1.29 is 19.1 Å². The van der Waals surface area contributed by atoms with Crippen molar-refractivity contribution in [2.45, 2.75) is 12.8 Å². The maximum absolute atomic E-state index is 11.8. The lowest BCUT2D eigenvalue weighted by Gasteiger charge is -2.22. The molecular weight excluding hydrogens is 244 g/mol. The Bertz CT molecular complexity index is 463. The summed E-state index contributed by atoms with van der Waals surface area (Å²) in [5, 5.41) is 0. The highest BCUT2D eigenvalue weighted by Crippen LogP contribution is 2.30. The van der Waals surface area contributed by atoms with Crippen molar-refractivity contribution in [3.63, 3.8) is 0 Å². The van der Waals surface area contributed by atoms with Gasteiger partial charge in [-0.2, -0.15) is 0 Å². The zero-order chi connectivity index (χ0) is 14.4. The third-order valence-electron chi connectivity index (χ3n) is 3.07. The topological polar surface area (TPSA) is 52.6 Å². The predicted octanol–water partition coefficient (Wildman–Crippen LogP) is 2.23. The third-order valence-corrected chi connectivity index (χ3v) is 3.07. The maximum atomic E-state index is 11.8. The van der Waals surface area contributed by atoms with E-state index in [9.17, 15) is 9.59 Å². The molecule has 1 aromatic rings.